The van der Waals surface area contributed by atoms with Crippen LogP contribution >= 0.6 is 0 Å². The maximum atomic E-state index is 6.04. The van der Waals surface area contributed by atoms with Crippen molar-refractivity contribution in [2.45, 2.75) is 0 Å². The Kier molecular flexibility index (Phi) is 3.13. The average molecular weight is 265 g/mol. The van der Waals surface area contributed by atoms with Crippen LogP contribution in [0.5, 0.6) is 5.75 Å². The Bertz CT molecular complexity index is 774. The van der Waals surface area contributed by atoms with E-state index in [1.165, 1.54) is 0 Å². The number of hydrogen-bond donors (Lipinski definition) is 2. The topological polar surface area (TPSA) is 63.9 Å². The number of anilines is 1. The fourth-order valence-corrected chi connectivity index (χ4v) is 2.16. The van der Waals surface area contributed by atoms with Gasteiger partial charge in [0.15, 0.2) is 0 Å². The molecule has 3 aromatic rings. The Morgan fingerprint density at radius 1 is 1.10 bits per heavy atom. The van der Waals surface area contributed by atoms with Gasteiger partial charge in [-0.25, -0.2) is 0 Å². The van der Waals surface area contributed by atoms with Crippen LogP contribution in [0.25, 0.3) is 23.1 Å². The third-order valence-corrected chi connectivity index (χ3v) is 3.24. The number of rotatable bonds is 3. The average Bonchev–Trinajstić information content (AvgIpc) is 2.89. The number of ether oxygens (including phenoxy) is 1. The van der Waals surface area contributed by atoms with Gasteiger partial charge in [-0.2, -0.15) is 5.10 Å². The summed E-state index contributed by atoms with van der Waals surface area (Å²) in [5.41, 5.74) is 9.50. The van der Waals surface area contributed by atoms with Crippen molar-refractivity contribution in [2.24, 2.45) is 0 Å². The SMILES string of the molecule is COc1cccc(C=Cc2n[nH]c3ccccc23)c1N. The van der Waals surface area contributed by atoms with Crippen LogP contribution in [0.15, 0.2) is 42.5 Å². The summed E-state index contributed by atoms with van der Waals surface area (Å²) in [6, 6.07) is 13.7. The minimum absolute atomic E-state index is 0.631. The lowest BCUT2D eigenvalue weighted by molar-refractivity contribution is 0.417. The summed E-state index contributed by atoms with van der Waals surface area (Å²) in [5.74, 6) is 0.680. The summed E-state index contributed by atoms with van der Waals surface area (Å²) in [5, 5.41) is 8.39. The van der Waals surface area contributed by atoms with E-state index in [1.807, 2.05) is 54.6 Å². The highest BCUT2D eigenvalue weighted by atomic mass is 16.5. The molecule has 20 heavy (non-hydrogen) atoms. The molecule has 0 aliphatic carbocycles. The molecule has 0 unspecified atom stereocenters. The van der Waals surface area contributed by atoms with E-state index in [0.29, 0.717) is 11.4 Å². The lowest BCUT2D eigenvalue weighted by Gasteiger charge is -2.06. The van der Waals surface area contributed by atoms with Crippen molar-refractivity contribution in [2.75, 3.05) is 12.8 Å². The third kappa shape index (κ3) is 2.12. The fraction of sp³-hybridized carbons (Fsp3) is 0.0625. The predicted molar refractivity (Wildman–Crippen MR) is 82.4 cm³/mol. The summed E-state index contributed by atoms with van der Waals surface area (Å²) in [7, 11) is 1.61. The van der Waals surface area contributed by atoms with Crippen LogP contribution < -0.4 is 10.5 Å². The van der Waals surface area contributed by atoms with Gasteiger partial charge in [0.05, 0.1) is 24.0 Å². The molecular formula is C16H15N3O. The first-order valence-corrected chi connectivity index (χ1v) is 6.33. The lowest BCUT2D eigenvalue weighted by atomic mass is 10.1. The Labute approximate surface area is 116 Å². The molecule has 1 aromatic heterocycles. The zero-order valence-electron chi connectivity index (χ0n) is 11.1. The van der Waals surface area contributed by atoms with Crippen molar-refractivity contribution in [1.29, 1.82) is 0 Å². The van der Waals surface area contributed by atoms with Crippen LogP contribution in [0.1, 0.15) is 11.3 Å². The molecule has 4 heteroatoms. The standard InChI is InChI=1S/C16H15N3O/c1-20-15-8-4-5-11(16(15)17)9-10-14-12-6-2-3-7-13(12)18-19-14/h2-10H,17H2,1H3,(H,18,19). The Morgan fingerprint density at radius 3 is 2.80 bits per heavy atom. The number of aromatic nitrogens is 2. The number of H-pyrrole nitrogens is 1. The van der Waals surface area contributed by atoms with Gasteiger partial charge in [0.1, 0.15) is 5.75 Å². The van der Waals surface area contributed by atoms with Crippen molar-refractivity contribution in [3.05, 3.63) is 53.7 Å². The lowest BCUT2D eigenvalue weighted by Crippen LogP contribution is -1.94. The van der Waals surface area contributed by atoms with Gasteiger partial charge in [0, 0.05) is 10.9 Å². The fourth-order valence-electron chi connectivity index (χ4n) is 2.16. The van der Waals surface area contributed by atoms with Gasteiger partial charge in [0.2, 0.25) is 0 Å². The largest absolute Gasteiger partial charge is 0.495 e. The minimum Gasteiger partial charge on any atom is -0.495 e. The summed E-state index contributed by atoms with van der Waals surface area (Å²) in [4.78, 5) is 0. The number of nitrogens with two attached hydrogens (primary N) is 1. The first kappa shape index (κ1) is 12.3. The van der Waals surface area contributed by atoms with Crippen LogP contribution in [0.4, 0.5) is 5.69 Å². The first-order chi connectivity index (χ1) is 9.79. The highest BCUT2D eigenvalue weighted by Crippen LogP contribution is 2.26. The minimum atomic E-state index is 0.631. The Morgan fingerprint density at radius 2 is 1.95 bits per heavy atom. The van der Waals surface area contributed by atoms with Crippen molar-refractivity contribution >= 4 is 28.7 Å². The summed E-state index contributed by atoms with van der Waals surface area (Å²) in [6.45, 7) is 0. The van der Waals surface area contributed by atoms with E-state index >= 15 is 0 Å². The monoisotopic (exact) mass is 265 g/mol. The molecule has 1 heterocycles. The summed E-state index contributed by atoms with van der Waals surface area (Å²) < 4.78 is 5.21. The molecule has 0 aliphatic rings. The molecule has 4 nitrogen and oxygen atoms in total. The molecule has 3 N–H and O–H groups in total. The molecule has 0 amide bonds. The maximum Gasteiger partial charge on any atom is 0.142 e. The molecule has 0 atom stereocenters. The van der Waals surface area contributed by atoms with E-state index in [0.717, 1.165) is 22.2 Å². The van der Waals surface area contributed by atoms with Crippen molar-refractivity contribution in [1.82, 2.24) is 10.2 Å². The summed E-state index contributed by atoms with van der Waals surface area (Å²) >= 11 is 0. The number of nitrogen functional groups attached to an aromatic ring is 1. The van der Waals surface area contributed by atoms with Gasteiger partial charge in [0.25, 0.3) is 0 Å². The Hall–Kier alpha value is -2.75. The zero-order chi connectivity index (χ0) is 13.9. The molecule has 0 aliphatic heterocycles. The number of hydrogen-bond acceptors (Lipinski definition) is 3. The second kappa shape index (κ2) is 5.09. The van der Waals surface area contributed by atoms with Crippen LogP contribution in [0, 0.1) is 0 Å². The first-order valence-electron chi connectivity index (χ1n) is 6.33. The van der Waals surface area contributed by atoms with Crippen LogP contribution in [0.2, 0.25) is 0 Å². The van der Waals surface area contributed by atoms with E-state index < -0.39 is 0 Å². The van der Waals surface area contributed by atoms with Gasteiger partial charge < -0.3 is 10.5 Å². The molecule has 0 saturated heterocycles. The quantitative estimate of drug-likeness (QED) is 0.714. The number of methoxy groups -OCH3 is 1. The number of aromatic amines is 1. The molecule has 0 bridgehead atoms. The summed E-state index contributed by atoms with van der Waals surface area (Å²) in [6.07, 6.45) is 3.89. The van der Waals surface area contributed by atoms with Crippen LogP contribution in [-0.2, 0) is 0 Å². The third-order valence-electron chi connectivity index (χ3n) is 3.24. The van der Waals surface area contributed by atoms with Gasteiger partial charge in [-0.1, -0.05) is 36.4 Å². The molecule has 100 valence electrons. The van der Waals surface area contributed by atoms with Gasteiger partial charge in [-0.3, -0.25) is 5.10 Å². The number of para-hydroxylation sites is 2. The van der Waals surface area contributed by atoms with Gasteiger partial charge >= 0.3 is 0 Å². The van der Waals surface area contributed by atoms with E-state index in [-0.39, 0.29) is 0 Å². The maximum absolute atomic E-state index is 6.04. The molecule has 2 aromatic carbocycles. The number of fused-ring (bicyclic) bond motifs is 1. The highest BCUT2D eigenvalue weighted by molar-refractivity contribution is 5.90. The predicted octanol–water partition coefficient (Wildman–Crippen LogP) is 3.32. The van der Waals surface area contributed by atoms with Crippen molar-refractivity contribution in [3.63, 3.8) is 0 Å². The van der Waals surface area contributed by atoms with E-state index in [9.17, 15) is 0 Å². The zero-order valence-corrected chi connectivity index (χ0v) is 11.1. The normalized spacial score (nSPS) is 11.2. The molecule has 0 radical (unpaired) electrons. The molecule has 0 fully saturated rings. The van der Waals surface area contributed by atoms with E-state index in [4.69, 9.17) is 10.5 Å². The van der Waals surface area contributed by atoms with Crippen molar-refractivity contribution < 1.29 is 4.74 Å². The number of benzene rings is 2. The second-order valence-electron chi connectivity index (χ2n) is 4.45. The molecule has 0 spiro atoms. The second-order valence-corrected chi connectivity index (χ2v) is 4.45. The number of nitrogens with zero attached hydrogens (tertiary/aromatic N) is 1. The smallest absolute Gasteiger partial charge is 0.142 e. The highest BCUT2D eigenvalue weighted by Gasteiger charge is 2.04. The van der Waals surface area contributed by atoms with Gasteiger partial charge in [-0.05, 0) is 18.2 Å². The van der Waals surface area contributed by atoms with E-state index in [2.05, 4.69) is 10.2 Å². The Balaban J connectivity index is 1.98. The molecular weight excluding hydrogens is 250 g/mol. The van der Waals surface area contributed by atoms with Crippen LogP contribution in [-0.4, -0.2) is 17.3 Å². The van der Waals surface area contributed by atoms with Crippen molar-refractivity contribution in [3.8, 4) is 5.75 Å². The van der Waals surface area contributed by atoms with Crippen LogP contribution in [0.3, 0.4) is 0 Å². The van der Waals surface area contributed by atoms with Gasteiger partial charge in [-0.15, -0.1) is 0 Å². The molecule has 3 rings (SSSR count). The molecule has 0 saturated carbocycles. The number of nitrogens with one attached hydrogen (secondary N) is 1. The van der Waals surface area contributed by atoms with E-state index in [1.54, 1.807) is 7.11 Å².